The molecular formula is C24H35NO4. The molecule has 4 atom stereocenters. The molecule has 0 saturated carbocycles. The first-order valence-corrected chi connectivity index (χ1v) is 10.8. The third-order valence-corrected chi connectivity index (χ3v) is 6.37. The predicted octanol–water partition coefficient (Wildman–Crippen LogP) is 4.47. The van der Waals surface area contributed by atoms with Crippen LogP contribution in [0.2, 0.25) is 0 Å². The standard InChI is InChI=1S/C24H35NO4/c1-7-9-16(3)23(26)28-18-12-13-24(4)20(14-18)29-22-19(27-6)11-10-17(21(22)24)15-25(5)8-2/h10-13,16,18,20H,7-9,14-15H2,1-6H3/t16?,18-,20-,24+/m0/s1. The second-order valence-electron chi connectivity index (χ2n) is 8.61. The van der Waals surface area contributed by atoms with Gasteiger partial charge in [-0.2, -0.15) is 0 Å². The lowest BCUT2D eigenvalue weighted by molar-refractivity contribution is -0.152. The van der Waals surface area contributed by atoms with E-state index in [2.05, 4.69) is 44.9 Å². The van der Waals surface area contributed by atoms with Crippen molar-refractivity contribution in [3.8, 4) is 11.5 Å². The van der Waals surface area contributed by atoms with Crippen molar-refractivity contribution in [2.45, 2.75) is 71.1 Å². The van der Waals surface area contributed by atoms with Crippen molar-refractivity contribution in [2.24, 2.45) is 5.92 Å². The molecule has 3 rings (SSSR count). The van der Waals surface area contributed by atoms with Crippen LogP contribution in [-0.4, -0.2) is 43.8 Å². The van der Waals surface area contributed by atoms with Crippen molar-refractivity contribution in [3.05, 3.63) is 35.4 Å². The Morgan fingerprint density at radius 1 is 1.38 bits per heavy atom. The Labute approximate surface area is 175 Å². The van der Waals surface area contributed by atoms with E-state index < -0.39 is 0 Å². The average molecular weight is 402 g/mol. The third kappa shape index (κ3) is 4.16. The van der Waals surface area contributed by atoms with E-state index >= 15 is 0 Å². The van der Waals surface area contributed by atoms with Gasteiger partial charge < -0.3 is 19.1 Å². The number of fused-ring (bicyclic) bond motifs is 3. The summed E-state index contributed by atoms with van der Waals surface area (Å²) in [5, 5.41) is 0. The molecule has 0 amide bonds. The molecule has 1 aromatic rings. The van der Waals surface area contributed by atoms with E-state index in [0.717, 1.165) is 37.4 Å². The van der Waals surface area contributed by atoms with Crippen LogP contribution >= 0.6 is 0 Å². The molecule has 1 unspecified atom stereocenters. The zero-order valence-electron chi connectivity index (χ0n) is 18.7. The van der Waals surface area contributed by atoms with Crippen LogP contribution < -0.4 is 9.47 Å². The number of hydrogen-bond acceptors (Lipinski definition) is 5. The normalized spacial score (nSPS) is 25.9. The SMILES string of the molecule is CCCC(C)C(=O)O[C@H]1C=C[C@@]2(C)c3c(CN(C)CC)ccc(OC)c3O[C@H]2C1. The van der Waals surface area contributed by atoms with Crippen LogP contribution in [0.15, 0.2) is 24.3 Å². The number of rotatable bonds is 8. The Kier molecular flexibility index (Phi) is 6.57. The highest BCUT2D eigenvalue weighted by molar-refractivity contribution is 5.72. The van der Waals surface area contributed by atoms with Gasteiger partial charge in [0.05, 0.1) is 18.4 Å². The Morgan fingerprint density at radius 2 is 2.14 bits per heavy atom. The minimum absolute atomic E-state index is 0.0697. The van der Waals surface area contributed by atoms with Gasteiger partial charge in [0.1, 0.15) is 12.2 Å². The zero-order chi connectivity index (χ0) is 21.2. The van der Waals surface area contributed by atoms with Crippen LogP contribution in [0.25, 0.3) is 0 Å². The van der Waals surface area contributed by atoms with Crippen molar-refractivity contribution in [1.82, 2.24) is 4.90 Å². The lowest BCUT2D eigenvalue weighted by Crippen LogP contribution is -2.41. The maximum Gasteiger partial charge on any atom is 0.309 e. The summed E-state index contributed by atoms with van der Waals surface area (Å²) in [4.78, 5) is 14.7. The molecule has 0 fully saturated rings. The number of carbonyl (C=O) groups excluding carboxylic acids is 1. The monoisotopic (exact) mass is 401 g/mol. The number of methoxy groups -OCH3 is 1. The maximum atomic E-state index is 12.4. The van der Waals surface area contributed by atoms with E-state index in [4.69, 9.17) is 14.2 Å². The first kappa shape index (κ1) is 21.7. The number of esters is 1. The Bertz CT molecular complexity index is 774. The Hall–Kier alpha value is -2.01. The topological polar surface area (TPSA) is 48.0 Å². The highest BCUT2D eigenvalue weighted by Crippen LogP contribution is 2.53. The summed E-state index contributed by atoms with van der Waals surface area (Å²) in [5.41, 5.74) is 2.19. The van der Waals surface area contributed by atoms with Gasteiger partial charge in [-0.1, -0.05) is 39.3 Å². The van der Waals surface area contributed by atoms with Gasteiger partial charge in [-0.3, -0.25) is 4.79 Å². The first-order valence-electron chi connectivity index (χ1n) is 10.8. The molecule has 2 aliphatic rings. The smallest absolute Gasteiger partial charge is 0.309 e. The predicted molar refractivity (Wildman–Crippen MR) is 114 cm³/mol. The van der Waals surface area contributed by atoms with Crippen LogP contribution in [0, 0.1) is 5.92 Å². The van der Waals surface area contributed by atoms with Gasteiger partial charge >= 0.3 is 5.97 Å². The summed E-state index contributed by atoms with van der Waals surface area (Å²) in [6.45, 7) is 10.2. The third-order valence-electron chi connectivity index (χ3n) is 6.37. The molecule has 1 aliphatic heterocycles. The van der Waals surface area contributed by atoms with Crippen LogP contribution in [-0.2, 0) is 21.5 Å². The minimum atomic E-state index is -0.258. The molecule has 0 N–H and O–H groups in total. The summed E-state index contributed by atoms with van der Waals surface area (Å²) in [5.74, 6) is 1.40. The fourth-order valence-corrected chi connectivity index (χ4v) is 4.42. The average Bonchev–Trinajstić information content (AvgIpc) is 3.01. The molecule has 1 heterocycles. The van der Waals surface area contributed by atoms with Crippen LogP contribution in [0.4, 0.5) is 0 Å². The molecule has 5 nitrogen and oxygen atoms in total. The summed E-state index contributed by atoms with van der Waals surface area (Å²) < 4.78 is 17.8. The number of benzene rings is 1. The first-order chi connectivity index (χ1) is 13.8. The van der Waals surface area contributed by atoms with E-state index in [-0.39, 0.29) is 29.5 Å². The quantitative estimate of drug-likeness (QED) is 0.475. The second kappa shape index (κ2) is 8.78. The largest absolute Gasteiger partial charge is 0.493 e. The fraction of sp³-hybridized carbons (Fsp3) is 0.625. The van der Waals surface area contributed by atoms with Crippen molar-refractivity contribution in [2.75, 3.05) is 20.7 Å². The Morgan fingerprint density at radius 3 is 2.79 bits per heavy atom. The summed E-state index contributed by atoms with van der Waals surface area (Å²) in [6.07, 6.45) is 6.36. The minimum Gasteiger partial charge on any atom is -0.493 e. The van der Waals surface area contributed by atoms with Gasteiger partial charge in [-0.05, 0) is 44.6 Å². The van der Waals surface area contributed by atoms with Gasteiger partial charge in [0.2, 0.25) is 0 Å². The maximum absolute atomic E-state index is 12.4. The van der Waals surface area contributed by atoms with Crippen molar-refractivity contribution in [1.29, 1.82) is 0 Å². The molecular weight excluding hydrogens is 366 g/mol. The molecule has 0 radical (unpaired) electrons. The molecule has 0 saturated heterocycles. The van der Waals surface area contributed by atoms with Crippen molar-refractivity contribution in [3.63, 3.8) is 0 Å². The summed E-state index contributed by atoms with van der Waals surface area (Å²) >= 11 is 0. The van der Waals surface area contributed by atoms with Gasteiger partial charge in [-0.25, -0.2) is 0 Å². The van der Waals surface area contributed by atoms with Crippen molar-refractivity contribution >= 4 is 5.97 Å². The molecule has 0 aromatic heterocycles. The molecule has 0 spiro atoms. The molecule has 0 bridgehead atoms. The molecule has 160 valence electrons. The van der Waals surface area contributed by atoms with Gasteiger partial charge in [-0.15, -0.1) is 0 Å². The number of nitrogens with zero attached hydrogens (tertiary/aromatic N) is 1. The lowest BCUT2D eigenvalue weighted by Gasteiger charge is -2.35. The van der Waals surface area contributed by atoms with E-state index in [1.54, 1.807) is 7.11 Å². The van der Waals surface area contributed by atoms with Gasteiger partial charge in [0.15, 0.2) is 11.5 Å². The number of hydrogen-bond donors (Lipinski definition) is 0. The lowest BCUT2D eigenvalue weighted by atomic mass is 9.72. The molecule has 1 aliphatic carbocycles. The van der Waals surface area contributed by atoms with E-state index in [0.29, 0.717) is 6.42 Å². The second-order valence-corrected chi connectivity index (χ2v) is 8.61. The summed E-state index contributed by atoms with van der Waals surface area (Å²) in [7, 11) is 3.80. The number of carbonyl (C=O) groups is 1. The van der Waals surface area contributed by atoms with E-state index in [1.807, 2.05) is 19.1 Å². The molecule has 29 heavy (non-hydrogen) atoms. The zero-order valence-corrected chi connectivity index (χ0v) is 18.7. The van der Waals surface area contributed by atoms with Crippen LogP contribution in [0.5, 0.6) is 11.5 Å². The summed E-state index contributed by atoms with van der Waals surface area (Å²) in [6, 6.07) is 4.14. The van der Waals surface area contributed by atoms with E-state index in [9.17, 15) is 4.79 Å². The van der Waals surface area contributed by atoms with Crippen molar-refractivity contribution < 1.29 is 19.0 Å². The highest BCUT2D eigenvalue weighted by atomic mass is 16.6. The number of ether oxygens (including phenoxy) is 3. The molecule has 5 heteroatoms. The Balaban J connectivity index is 1.87. The van der Waals surface area contributed by atoms with Gasteiger partial charge in [0, 0.05) is 18.5 Å². The molecule has 1 aromatic carbocycles. The van der Waals surface area contributed by atoms with Crippen LogP contribution in [0.1, 0.15) is 58.1 Å². The van der Waals surface area contributed by atoms with Gasteiger partial charge in [0.25, 0.3) is 0 Å². The highest BCUT2D eigenvalue weighted by Gasteiger charge is 2.49. The van der Waals surface area contributed by atoms with E-state index in [1.165, 1.54) is 11.1 Å². The van der Waals surface area contributed by atoms with Crippen LogP contribution in [0.3, 0.4) is 0 Å². The fourth-order valence-electron chi connectivity index (χ4n) is 4.42.